The highest BCUT2D eigenvalue weighted by atomic mass is 35.5. The van der Waals surface area contributed by atoms with Crippen LogP contribution in [0.25, 0.3) is 0 Å². The van der Waals surface area contributed by atoms with E-state index in [-0.39, 0.29) is 13.8 Å². The monoisotopic (exact) mass is 353 g/mol. The van der Waals surface area contributed by atoms with Crippen molar-refractivity contribution in [2.45, 2.75) is 9.79 Å². The molecule has 0 aliphatic heterocycles. The van der Waals surface area contributed by atoms with Crippen molar-refractivity contribution in [2.75, 3.05) is 0 Å². The lowest BCUT2D eigenvalue weighted by Gasteiger charge is -2.06. The average molecular weight is 355 g/mol. The lowest BCUT2D eigenvalue weighted by Crippen LogP contribution is -1.98. The molecule has 0 aromatic heterocycles. The van der Waals surface area contributed by atoms with Gasteiger partial charge in [0.25, 0.3) is 0 Å². The van der Waals surface area contributed by atoms with Crippen LogP contribution in [0, 0.1) is 11.3 Å². The Morgan fingerprint density at radius 3 is 2.47 bits per heavy atom. The van der Waals surface area contributed by atoms with E-state index in [4.69, 9.17) is 40.1 Å². The summed E-state index contributed by atoms with van der Waals surface area (Å²) < 4.78 is 23.9. The second-order valence-corrected chi connectivity index (χ2v) is 7.47. The molecule has 3 nitrogen and oxygen atoms in total. The van der Waals surface area contributed by atoms with Crippen LogP contribution in [-0.4, -0.2) is 8.42 Å². The largest absolute Gasteiger partial charge is 0.219 e. The van der Waals surface area contributed by atoms with Crippen molar-refractivity contribution in [3.05, 3.63) is 44.6 Å². The molecule has 0 bridgehead atoms. The maximum atomic E-state index is 12.0. The van der Waals surface area contributed by atoms with E-state index in [2.05, 4.69) is 0 Å². The van der Waals surface area contributed by atoms with Crippen LogP contribution in [0.15, 0.2) is 54.4 Å². The second-order valence-electron chi connectivity index (χ2n) is 3.06. The fourth-order valence-corrected chi connectivity index (χ4v) is 3.64. The van der Waals surface area contributed by atoms with Crippen molar-refractivity contribution in [1.82, 2.24) is 0 Å². The van der Waals surface area contributed by atoms with Gasteiger partial charge in [-0.05, 0) is 12.1 Å². The Morgan fingerprint density at radius 2 is 1.89 bits per heavy atom. The Bertz CT molecular complexity index is 671. The van der Waals surface area contributed by atoms with Crippen LogP contribution in [-0.2, 0) is 9.84 Å². The highest BCUT2D eigenvalue weighted by Crippen LogP contribution is 2.38. The first-order valence-corrected chi connectivity index (χ1v) is 8.17. The van der Waals surface area contributed by atoms with E-state index in [9.17, 15) is 8.42 Å². The number of thioether (sulfide) groups is 1. The zero-order valence-corrected chi connectivity index (χ0v) is 13.1. The topological polar surface area (TPSA) is 57.9 Å². The van der Waals surface area contributed by atoms with Crippen molar-refractivity contribution >= 4 is 56.4 Å². The van der Waals surface area contributed by atoms with Crippen molar-refractivity contribution in [2.24, 2.45) is 0 Å². The Hall–Kier alpha value is -0.640. The van der Waals surface area contributed by atoms with Gasteiger partial charge in [0.05, 0.1) is 11.0 Å². The van der Waals surface area contributed by atoms with Crippen LogP contribution in [0.1, 0.15) is 0 Å². The number of halogens is 3. The standard InChI is InChI=1S/C11H6Cl3NO2S2/c12-10(13)11(14)18-8-4-1-2-5-9(8)19(16,17)7-3-6-15/h1-5,7H. The smallest absolute Gasteiger partial charge is 0.201 e. The van der Waals surface area contributed by atoms with Crippen LogP contribution in [0.3, 0.4) is 0 Å². The zero-order valence-electron chi connectivity index (χ0n) is 9.18. The van der Waals surface area contributed by atoms with E-state index in [0.29, 0.717) is 4.90 Å². The van der Waals surface area contributed by atoms with Gasteiger partial charge in [-0.2, -0.15) is 5.26 Å². The van der Waals surface area contributed by atoms with Crippen LogP contribution in [0.4, 0.5) is 0 Å². The van der Waals surface area contributed by atoms with Crippen molar-refractivity contribution in [1.29, 1.82) is 5.26 Å². The third-order valence-corrected chi connectivity index (χ3v) is 5.59. The lowest BCUT2D eigenvalue weighted by molar-refractivity contribution is 0.603. The van der Waals surface area contributed by atoms with Crippen molar-refractivity contribution in [3.8, 4) is 6.07 Å². The minimum Gasteiger partial charge on any atom is -0.219 e. The molecular formula is C11H6Cl3NO2S2. The number of hydrogen-bond acceptors (Lipinski definition) is 4. The summed E-state index contributed by atoms with van der Waals surface area (Å²) in [5, 5.41) is 9.22. The molecule has 8 heteroatoms. The van der Waals surface area contributed by atoms with Gasteiger partial charge in [-0.1, -0.05) is 58.7 Å². The molecule has 0 aliphatic rings. The Morgan fingerprint density at radius 1 is 1.26 bits per heavy atom. The van der Waals surface area contributed by atoms with E-state index in [0.717, 1.165) is 23.2 Å². The molecule has 1 rings (SSSR count). The Kier molecular flexibility index (Phi) is 6.24. The predicted octanol–water partition coefficient (Wildman–Crippen LogP) is 4.43. The molecule has 0 atom stereocenters. The van der Waals surface area contributed by atoms with E-state index in [1.807, 2.05) is 0 Å². The van der Waals surface area contributed by atoms with Crippen molar-refractivity contribution < 1.29 is 8.42 Å². The lowest BCUT2D eigenvalue weighted by atomic mass is 10.4. The number of rotatable bonds is 4. The molecular weight excluding hydrogens is 349 g/mol. The van der Waals surface area contributed by atoms with Gasteiger partial charge in [0.2, 0.25) is 9.84 Å². The highest BCUT2D eigenvalue weighted by molar-refractivity contribution is 8.05. The third kappa shape index (κ3) is 4.75. The molecule has 1 aromatic carbocycles. The second kappa shape index (κ2) is 7.22. The number of allylic oxidation sites excluding steroid dienone is 1. The normalized spacial score (nSPS) is 11.3. The molecule has 0 unspecified atom stereocenters. The van der Waals surface area contributed by atoms with Crippen LogP contribution in [0.5, 0.6) is 0 Å². The molecule has 0 saturated heterocycles. The minimum atomic E-state index is -3.72. The molecule has 0 heterocycles. The molecule has 1 aromatic rings. The molecule has 100 valence electrons. The fraction of sp³-hybridized carbons (Fsp3) is 0. The van der Waals surface area contributed by atoms with Gasteiger partial charge in [-0.3, -0.25) is 0 Å². The first-order chi connectivity index (χ1) is 8.88. The summed E-state index contributed by atoms with van der Waals surface area (Å²) in [5.41, 5.74) is 0. The van der Waals surface area contributed by atoms with Gasteiger partial charge in [0.1, 0.15) is 8.86 Å². The average Bonchev–Trinajstić information content (AvgIpc) is 2.36. The van der Waals surface area contributed by atoms with Gasteiger partial charge in [0, 0.05) is 16.4 Å². The summed E-state index contributed by atoms with van der Waals surface area (Å²) in [4.78, 5) is 0.396. The Labute approximate surface area is 130 Å². The van der Waals surface area contributed by atoms with Gasteiger partial charge in [-0.25, -0.2) is 8.42 Å². The van der Waals surface area contributed by atoms with E-state index >= 15 is 0 Å². The summed E-state index contributed by atoms with van der Waals surface area (Å²) >= 11 is 17.7. The first-order valence-electron chi connectivity index (χ1n) is 4.67. The molecule has 0 N–H and O–H groups in total. The number of nitrogens with zero attached hydrogens (tertiary/aromatic N) is 1. The predicted molar refractivity (Wildman–Crippen MR) is 78.8 cm³/mol. The molecule has 0 aliphatic carbocycles. The SMILES string of the molecule is N#CC=CS(=O)(=O)c1ccccc1SC(Cl)=C(Cl)Cl. The van der Waals surface area contributed by atoms with Gasteiger partial charge in [0.15, 0.2) is 0 Å². The maximum absolute atomic E-state index is 12.0. The summed E-state index contributed by atoms with van der Waals surface area (Å²) in [7, 11) is -3.72. The van der Waals surface area contributed by atoms with E-state index < -0.39 is 9.84 Å². The van der Waals surface area contributed by atoms with Gasteiger partial charge in [-0.15, -0.1) is 0 Å². The maximum Gasteiger partial charge on any atom is 0.201 e. The number of hydrogen-bond donors (Lipinski definition) is 0. The van der Waals surface area contributed by atoms with Gasteiger partial charge >= 0.3 is 0 Å². The van der Waals surface area contributed by atoms with Crippen molar-refractivity contribution in [3.63, 3.8) is 0 Å². The minimum absolute atomic E-state index is 0.0271. The molecule has 19 heavy (non-hydrogen) atoms. The molecule has 0 spiro atoms. The molecule has 0 saturated carbocycles. The van der Waals surface area contributed by atoms with E-state index in [1.54, 1.807) is 24.3 Å². The fourth-order valence-electron chi connectivity index (χ4n) is 1.10. The van der Waals surface area contributed by atoms with Gasteiger partial charge < -0.3 is 0 Å². The molecule has 0 radical (unpaired) electrons. The summed E-state index contributed by atoms with van der Waals surface area (Å²) in [6.07, 6.45) is 0.892. The van der Waals surface area contributed by atoms with Crippen LogP contribution < -0.4 is 0 Å². The number of sulfone groups is 1. The van der Waals surface area contributed by atoms with Crippen LogP contribution in [0.2, 0.25) is 0 Å². The molecule has 0 fully saturated rings. The summed E-state index contributed by atoms with van der Waals surface area (Å²) in [6, 6.07) is 7.82. The highest BCUT2D eigenvalue weighted by Gasteiger charge is 2.17. The van der Waals surface area contributed by atoms with E-state index in [1.165, 1.54) is 6.07 Å². The molecule has 0 amide bonds. The summed E-state index contributed by atoms with van der Waals surface area (Å²) in [6.45, 7) is 0. The number of nitriles is 1. The quantitative estimate of drug-likeness (QED) is 0.592. The zero-order chi connectivity index (χ0) is 14.5. The summed E-state index contributed by atoms with van der Waals surface area (Å²) in [5.74, 6) is 0. The third-order valence-electron chi connectivity index (χ3n) is 1.83. The first kappa shape index (κ1) is 16.4. The van der Waals surface area contributed by atoms with Crippen LogP contribution >= 0.6 is 46.6 Å². The number of benzene rings is 1. The Balaban J connectivity index is 3.29.